The minimum Gasteiger partial charge on any atom is -0.331 e. The molecule has 8 heteroatoms. The molecule has 6 nitrogen and oxygen atoms in total. The quantitative estimate of drug-likeness (QED) is 0.562. The third-order valence-corrected chi connectivity index (χ3v) is 5.52. The van der Waals surface area contributed by atoms with E-state index in [9.17, 15) is 13.2 Å². The van der Waals surface area contributed by atoms with Gasteiger partial charge in [0.1, 0.15) is 0 Å². The SMILES string of the molecule is CCc1ccccc1NC(=S)NNC(=O)[C@@H]1CCS(=O)(=O)C1. The van der Waals surface area contributed by atoms with Gasteiger partial charge in [0, 0.05) is 5.69 Å². The van der Waals surface area contributed by atoms with Crippen molar-refractivity contribution in [2.75, 3.05) is 16.8 Å². The second kappa shape index (κ2) is 7.06. The molecule has 1 amide bonds. The first kappa shape index (κ1) is 16.7. The number of thiocarbonyl (C=S) groups is 1. The molecule has 1 aromatic rings. The molecule has 120 valence electrons. The van der Waals surface area contributed by atoms with Gasteiger partial charge in [0.25, 0.3) is 0 Å². The predicted molar refractivity (Wildman–Crippen MR) is 90.1 cm³/mol. The summed E-state index contributed by atoms with van der Waals surface area (Å²) in [6.07, 6.45) is 1.22. The number of carbonyl (C=O) groups excluding carboxylic acids is 1. The molecule has 0 bridgehead atoms. The van der Waals surface area contributed by atoms with Crippen LogP contribution < -0.4 is 16.2 Å². The molecule has 0 aliphatic carbocycles. The van der Waals surface area contributed by atoms with Crippen LogP contribution in [0.2, 0.25) is 0 Å². The summed E-state index contributed by atoms with van der Waals surface area (Å²) < 4.78 is 22.7. The second-order valence-corrected chi connectivity index (χ2v) is 7.82. The first-order valence-corrected chi connectivity index (χ1v) is 9.29. The van der Waals surface area contributed by atoms with Crippen molar-refractivity contribution in [2.24, 2.45) is 5.92 Å². The van der Waals surface area contributed by atoms with Gasteiger partial charge in [-0.25, -0.2) is 8.42 Å². The van der Waals surface area contributed by atoms with E-state index in [1.807, 2.05) is 31.2 Å². The highest BCUT2D eigenvalue weighted by atomic mass is 32.2. The number of benzene rings is 1. The molecule has 1 saturated heterocycles. The Bertz CT molecular complexity index is 674. The first-order valence-electron chi connectivity index (χ1n) is 7.06. The number of hydrogen-bond donors (Lipinski definition) is 3. The lowest BCUT2D eigenvalue weighted by atomic mass is 10.1. The highest BCUT2D eigenvalue weighted by molar-refractivity contribution is 7.91. The van der Waals surface area contributed by atoms with Gasteiger partial charge in [-0.1, -0.05) is 25.1 Å². The van der Waals surface area contributed by atoms with E-state index in [4.69, 9.17) is 12.2 Å². The Morgan fingerprint density at radius 3 is 2.68 bits per heavy atom. The van der Waals surface area contributed by atoms with Gasteiger partial charge in [0.2, 0.25) is 5.91 Å². The van der Waals surface area contributed by atoms with E-state index in [0.29, 0.717) is 6.42 Å². The van der Waals surface area contributed by atoms with E-state index < -0.39 is 15.8 Å². The van der Waals surface area contributed by atoms with Crippen molar-refractivity contribution in [2.45, 2.75) is 19.8 Å². The monoisotopic (exact) mass is 341 g/mol. The van der Waals surface area contributed by atoms with Gasteiger partial charge >= 0.3 is 0 Å². The van der Waals surface area contributed by atoms with Crippen molar-refractivity contribution in [3.63, 3.8) is 0 Å². The maximum Gasteiger partial charge on any atom is 0.242 e. The van der Waals surface area contributed by atoms with Crippen LogP contribution in [0.1, 0.15) is 18.9 Å². The van der Waals surface area contributed by atoms with Gasteiger partial charge in [0.05, 0.1) is 17.4 Å². The minimum absolute atomic E-state index is 0.0671. The van der Waals surface area contributed by atoms with Crippen molar-refractivity contribution >= 4 is 38.8 Å². The van der Waals surface area contributed by atoms with Gasteiger partial charge in [-0.3, -0.25) is 15.6 Å². The fraction of sp³-hybridized carbons (Fsp3) is 0.429. The van der Waals surface area contributed by atoms with Crippen molar-refractivity contribution < 1.29 is 13.2 Å². The molecular weight excluding hydrogens is 322 g/mol. The topological polar surface area (TPSA) is 87.3 Å². The molecule has 22 heavy (non-hydrogen) atoms. The lowest BCUT2D eigenvalue weighted by Gasteiger charge is -2.15. The van der Waals surface area contributed by atoms with Crippen molar-refractivity contribution in [1.29, 1.82) is 0 Å². The average Bonchev–Trinajstić information content (AvgIpc) is 2.85. The van der Waals surface area contributed by atoms with Crippen LogP contribution in [0.5, 0.6) is 0 Å². The molecule has 2 rings (SSSR count). The summed E-state index contributed by atoms with van der Waals surface area (Å²) in [7, 11) is -3.07. The number of hydrazine groups is 1. The second-order valence-electron chi connectivity index (χ2n) is 5.18. The Labute approximate surface area is 135 Å². The smallest absolute Gasteiger partial charge is 0.242 e. The molecule has 3 N–H and O–H groups in total. The molecule has 0 aromatic heterocycles. The maximum absolute atomic E-state index is 11.9. The van der Waals surface area contributed by atoms with E-state index in [-0.39, 0.29) is 22.5 Å². The van der Waals surface area contributed by atoms with Gasteiger partial charge in [-0.05, 0) is 36.7 Å². The summed E-state index contributed by atoms with van der Waals surface area (Å²) >= 11 is 5.13. The maximum atomic E-state index is 11.9. The van der Waals surface area contributed by atoms with E-state index in [1.54, 1.807) is 0 Å². The summed E-state index contributed by atoms with van der Waals surface area (Å²) in [5, 5.41) is 3.27. The summed E-state index contributed by atoms with van der Waals surface area (Å²) in [6, 6.07) is 7.74. The molecule has 0 radical (unpaired) electrons. The van der Waals surface area contributed by atoms with E-state index in [1.165, 1.54) is 0 Å². The highest BCUT2D eigenvalue weighted by Crippen LogP contribution is 2.18. The number of para-hydroxylation sites is 1. The van der Waals surface area contributed by atoms with Gasteiger partial charge in [-0.2, -0.15) is 0 Å². The molecule has 1 heterocycles. The molecule has 1 aliphatic rings. The fourth-order valence-corrected chi connectivity index (χ4v) is 4.23. The molecule has 1 atom stereocenters. The molecule has 0 saturated carbocycles. The summed E-state index contributed by atoms with van der Waals surface area (Å²) in [4.78, 5) is 11.9. The average molecular weight is 341 g/mol. The number of carbonyl (C=O) groups is 1. The van der Waals surface area contributed by atoms with Crippen LogP contribution in [-0.4, -0.2) is 30.9 Å². The van der Waals surface area contributed by atoms with Gasteiger partial charge in [0.15, 0.2) is 14.9 Å². The lowest BCUT2D eigenvalue weighted by Crippen LogP contribution is -2.46. The summed E-state index contributed by atoms with van der Waals surface area (Å²) in [5.41, 5.74) is 7.06. The van der Waals surface area contributed by atoms with E-state index >= 15 is 0 Å². The largest absolute Gasteiger partial charge is 0.331 e. The molecule has 1 fully saturated rings. The van der Waals surface area contributed by atoms with Crippen molar-refractivity contribution in [3.8, 4) is 0 Å². The van der Waals surface area contributed by atoms with Crippen LogP contribution in [0, 0.1) is 5.92 Å². The van der Waals surface area contributed by atoms with Crippen LogP contribution in [0.4, 0.5) is 5.69 Å². The van der Waals surface area contributed by atoms with Crippen LogP contribution in [0.15, 0.2) is 24.3 Å². The van der Waals surface area contributed by atoms with Gasteiger partial charge in [-0.15, -0.1) is 0 Å². The first-order chi connectivity index (χ1) is 10.4. The molecule has 0 spiro atoms. The number of nitrogens with one attached hydrogen (secondary N) is 3. The standard InChI is InChI=1S/C14H19N3O3S2/c1-2-10-5-3-4-6-12(10)15-14(21)17-16-13(18)11-7-8-22(19,20)9-11/h3-6,11H,2,7-9H2,1H3,(H,16,18)(H2,15,17,21)/t11-/m1/s1. The number of sulfone groups is 1. The zero-order valence-corrected chi connectivity index (χ0v) is 13.9. The summed E-state index contributed by atoms with van der Waals surface area (Å²) in [5.74, 6) is -0.894. The number of rotatable bonds is 3. The predicted octanol–water partition coefficient (Wildman–Crippen LogP) is 1.00. The minimum atomic E-state index is -3.07. The number of anilines is 1. The lowest BCUT2D eigenvalue weighted by molar-refractivity contribution is -0.124. The number of aryl methyl sites for hydroxylation is 1. The molecule has 1 aromatic carbocycles. The van der Waals surface area contributed by atoms with Crippen LogP contribution in [0.3, 0.4) is 0 Å². The van der Waals surface area contributed by atoms with Crippen LogP contribution in [-0.2, 0) is 21.1 Å². The highest BCUT2D eigenvalue weighted by Gasteiger charge is 2.32. The van der Waals surface area contributed by atoms with Gasteiger partial charge < -0.3 is 5.32 Å². The number of amides is 1. The van der Waals surface area contributed by atoms with Crippen molar-refractivity contribution in [1.82, 2.24) is 10.9 Å². The normalized spacial score (nSPS) is 19.4. The number of hydrogen-bond acceptors (Lipinski definition) is 4. The third-order valence-electron chi connectivity index (χ3n) is 3.55. The zero-order chi connectivity index (χ0) is 16.2. The third kappa shape index (κ3) is 4.41. The zero-order valence-electron chi connectivity index (χ0n) is 12.3. The Balaban J connectivity index is 1.84. The Morgan fingerprint density at radius 1 is 1.32 bits per heavy atom. The molecule has 0 unspecified atom stereocenters. The Morgan fingerprint density at radius 2 is 2.05 bits per heavy atom. The Hall–Kier alpha value is -1.67. The fourth-order valence-electron chi connectivity index (χ4n) is 2.33. The summed E-state index contributed by atoms with van der Waals surface area (Å²) in [6.45, 7) is 2.04. The molecular formula is C14H19N3O3S2. The molecule has 1 aliphatic heterocycles. The van der Waals surface area contributed by atoms with E-state index in [2.05, 4.69) is 16.2 Å². The van der Waals surface area contributed by atoms with Crippen molar-refractivity contribution in [3.05, 3.63) is 29.8 Å². The van der Waals surface area contributed by atoms with Crippen LogP contribution in [0.25, 0.3) is 0 Å². The van der Waals surface area contributed by atoms with E-state index in [0.717, 1.165) is 17.7 Å². The van der Waals surface area contributed by atoms with Crippen LogP contribution >= 0.6 is 12.2 Å². The Kier molecular flexibility index (Phi) is 5.36.